The molecule has 2 aromatic rings. The van der Waals surface area contributed by atoms with Crippen molar-refractivity contribution in [3.8, 4) is 11.5 Å². The van der Waals surface area contributed by atoms with E-state index >= 15 is 0 Å². The maximum absolute atomic E-state index is 13.5. The Morgan fingerprint density at radius 2 is 1.49 bits per heavy atom. The molecule has 6 nitrogen and oxygen atoms in total. The fourth-order valence-corrected chi connectivity index (χ4v) is 5.29. The Bertz CT molecular complexity index is 1170. The van der Waals surface area contributed by atoms with Gasteiger partial charge in [-0.1, -0.05) is 26.2 Å². The van der Waals surface area contributed by atoms with Crippen molar-refractivity contribution in [3.05, 3.63) is 52.6 Å². The smallest absolute Gasteiger partial charge is 0.416 e. The fourth-order valence-electron chi connectivity index (χ4n) is 5.29. The lowest BCUT2D eigenvalue weighted by atomic mass is 9.89. The van der Waals surface area contributed by atoms with E-state index in [2.05, 4.69) is 11.8 Å². The third kappa shape index (κ3) is 7.51. The Labute approximate surface area is 236 Å². The normalized spacial score (nSPS) is 17.2. The Morgan fingerprint density at radius 1 is 0.902 bits per heavy atom. The van der Waals surface area contributed by atoms with Crippen LogP contribution in [0.4, 0.5) is 36.8 Å². The fraction of sp³-hybridized carbons (Fsp3) is 0.552. The summed E-state index contributed by atoms with van der Waals surface area (Å²) in [6.45, 7) is 4.26. The predicted octanol–water partition coefficient (Wildman–Crippen LogP) is 8.23. The lowest BCUT2D eigenvalue weighted by Gasteiger charge is -2.44. The van der Waals surface area contributed by atoms with Crippen molar-refractivity contribution >= 4 is 11.8 Å². The van der Waals surface area contributed by atoms with Crippen LogP contribution in [-0.4, -0.2) is 44.9 Å². The molecule has 12 heteroatoms. The molecule has 0 fully saturated rings. The molecule has 2 atom stereocenters. The van der Waals surface area contributed by atoms with Gasteiger partial charge in [0.15, 0.2) is 11.5 Å². The third-order valence-electron chi connectivity index (χ3n) is 7.34. The van der Waals surface area contributed by atoms with Crippen LogP contribution in [0.3, 0.4) is 0 Å². The lowest BCUT2D eigenvalue weighted by molar-refractivity contribution is -0.143. The number of nitrogens with zero attached hydrogens (tertiary/aromatic N) is 2. The van der Waals surface area contributed by atoms with Crippen molar-refractivity contribution in [1.29, 1.82) is 0 Å². The van der Waals surface area contributed by atoms with Gasteiger partial charge >= 0.3 is 18.4 Å². The quantitative estimate of drug-likeness (QED) is 0.206. The monoisotopic (exact) mass is 590 g/mol. The minimum absolute atomic E-state index is 0.0670. The number of halogens is 6. The molecule has 0 spiro atoms. The molecule has 1 heterocycles. The molecule has 0 bridgehead atoms. The van der Waals surface area contributed by atoms with Crippen LogP contribution in [-0.2, 0) is 23.6 Å². The lowest BCUT2D eigenvalue weighted by Crippen LogP contribution is -2.45. The van der Waals surface area contributed by atoms with E-state index in [-0.39, 0.29) is 17.7 Å². The highest BCUT2D eigenvalue weighted by Crippen LogP contribution is 2.47. The van der Waals surface area contributed by atoms with Crippen molar-refractivity contribution in [1.82, 2.24) is 4.90 Å². The van der Waals surface area contributed by atoms with Crippen molar-refractivity contribution in [2.24, 2.45) is 0 Å². The van der Waals surface area contributed by atoms with Crippen molar-refractivity contribution in [3.63, 3.8) is 0 Å². The number of anilines is 1. The van der Waals surface area contributed by atoms with Crippen molar-refractivity contribution in [2.45, 2.75) is 76.9 Å². The van der Waals surface area contributed by atoms with Gasteiger partial charge in [-0.15, -0.1) is 0 Å². The molecule has 0 radical (unpaired) electrons. The number of amides is 1. The van der Waals surface area contributed by atoms with Crippen LogP contribution >= 0.6 is 0 Å². The first-order valence-corrected chi connectivity index (χ1v) is 13.4. The largest absolute Gasteiger partial charge is 0.493 e. The van der Waals surface area contributed by atoms with Crippen LogP contribution in [0.1, 0.15) is 74.2 Å². The molecule has 2 aromatic carbocycles. The summed E-state index contributed by atoms with van der Waals surface area (Å²) in [5.41, 5.74) is -1.85. The van der Waals surface area contributed by atoms with Gasteiger partial charge in [-0.25, -0.2) is 4.79 Å². The molecule has 2 unspecified atom stereocenters. The first-order valence-electron chi connectivity index (χ1n) is 13.4. The summed E-state index contributed by atoms with van der Waals surface area (Å²) in [6.07, 6.45) is -6.46. The van der Waals surface area contributed by atoms with E-state index in [1.54, 1.807) is 12.1 Å². The number of ether oxygens (including phenoxy) is 3. The molecule has 1 aliphatic heterocycles. The van der Waals surface area contributed by atoms with E-state index in [1.807, 2.05) is 6.92 Å². The van der Waals surface area contributed by atoms with Gasteiger partial charge in [-0.2, -0.15) is 26.3 Å². The molecular weight excluding hydrogens is 554 g/mol. The molecule has 0 aromatic heterocycles. The molecule has 0 aliphatic carbocycles. The number of alkyl halides is 6. The Kier molecular flexibility index (Phi) is 10.3. The summed E-state index contributed by atoms with van der Waals surface area (Å²) in [5.74, 6) is 0.829. The number of unbranched alkanes of at least 4 members (excludes halogenated alkanes) is 3. The summed E-state index contributed by atoms with van der Waals surface area (Å²) in [6, 6.07) is 3.97. The van der Waals surface area contributed by atoms with E-state index in [0.29, 0.717) is 35.6 Å². The molecule has 228 valence electrons. The van der Waals surface area contributed by atoms with Crippen molar-refractivity contribution < 1.29 is 45.3 Å². The minimum Gasteiger partial charge on any atom is -0.493 e. The van der Waals surface area contributed by atoms with Gasteiger partial charge in [0, 0.05) is 36.4 Å². The topological polar surface area (TPSA) is 51.2 Å². The number of rotatable bonds is 10. The van der Waals surface area contributed by atoms with Gasteiger partial charge in [0.1, 0.15) is 0 Å². The zero-order chi connectivity index (χ0) is 30.5. The van der Waals surface area contributed by atoms with E-state index in [0.717, 1.165) is 45.0 Å². The number of carbonyl (C=O) groups excluding carboxylic acids is 1. The van der Waals surface area contributed by atoms with Crippen LogP contribution in [0.25, 0.3) is 0 Å². The second-order valence-corrected chi connectivity index (χ2v) is 10.1. The van der Waals surface area contributed by atoms with Gasteiger partial charge in [0.2, 0.25) is 0 Å². The number of benzene rings is 2. The summed E-state index contributed by atoms with van der Waals surface area (Å²) in [4.78, 5) is 16.4. The van der Waals surface area contributed by atoms with E-state index < -0.39 is 42.2 Å². The summed E-state index contributed by atoms with van der Waals surface area (Å²) < 4.78 is 97.2. The number of methoxy groups -OCH3 is 3. The van der Waals surface area contributed by atoms with Gasteiger partial charge < -0.3 is 19.1 Å². The van der Waals surface area contributed by atoms with Crippen LogP contribution in [0.15, 0.2) is 30.3 Å². The van der Waals surface area contributed by atoms with E-state index in [4.69, 9.17) is 14.2 Å². The standard InChI is InChI=1S/C29H36F6N2O4/c1-6-7-8-9-10-36-18(2)11-23(22-15-25(39-3)26(40-4)16-24(22)36)37(27(38)41-5)17-19-12-20(28(30,31)32)14-21(13-19)29(33,34)35/h12-16,18,23H,6-11,17H2,1-5H3. The maximum atomic E-state index is 13.5. The Balaban J connectivity index is 2.13. The zero-order valence-corrected chi connectivity index (χ0v) is 23.8. The van der Waals surface area contributed by atoms with Crippen LogP contribution in [0, 0.1) is 0 Å². The van der Waals surface area contributed by atoms with Crippen molar-refractivity contribution in [2.75, 3.05) is 32.8 Å². The molecule has 0 saturated carbocycles. The van der Waals surface area contributed by atoms with E-state index in [9.17, 15) is 31.1 Å². The van der Waals surface area contributed by atoms with Crippen LogP contribution in [0.5, 0.6) is 11.5 Å². The number of hydrogen-bond donors (Lipinski definition) is 0. The molecule has 1 aliphatic rings. The number of hydrogen-bond acceptors (Lipinski definition) is 5. The third-order valence-corrected chi connectivity index (χ3v) is 7.34. The molecule has 0 N–H and O–H groups in total. The van der Waals surface area contributed by atoms with Gasteiger partial charge in [-0.05, 0) is 49.6 Å². The van der Waals surface area contributed by atoms with Gasteiger partial charge in [0.05, 0.1) is 38.5 Å². The summed E-state index contributed by atoms with van der Waals surface area (Å²) in [7, 11) is 4.06. The predicted molar refractivity (Wildman–Crippen MR) is 142 cm³/mol. The van der Waals surface area contributed by atoms with E-state index in [1.165, 1.54) is 19.1 Å². The molecule has 41 heavy (non-hydrogen) atoms. The highest BCUT2D eigenvalue weighted by molar-refractivity contribution is 5.71. The Morgan fingerprint density at radius 3 is 2.00 bits per heavy atom. The minimum atomic E-state index is -5.01. The average Bonchev–Trinajstić information content (AvgIpc) is 2.92. The summed E-state index contributed by atoms with van der Waals surface area (Å²) in [5, 5.41) is 0. The number of fused-ring (bicyclic) bond motifs is 1. The molecule has 1 amide bonds. The first kappa shape index (κ1) is 32.2. The molecular formula is C29H36F6N2O4. The highest BCUT2D eigenvalue weighted by atomic mass is 19.4. The van der Waals surface area contributed by atoms with Gasteiger partial charge in [-0.3, -0.25) is 4.90 Å². The average molecular weight is 591 g/mol. The molecule has 3 rings (SSSR count). The van der Waals surface area contributed by atoms with Gasteiger partial charge in [0.25, 0.3) is 0 Å². The zero-order valence-electron chi connectivity index (χ0n) is 23.8. The van der Waals surface area contributed by atoms with Crippen LogP contribution in [0.2, 0.25) is 0 Å². The maximum Gasteiger partial charge on any atom is 0.416 e. The highest BCUT2D eigenvalue weighted by Gasteiger charge is 2.40. The Hall–Kier alpha value is -3.31. The summed E-state index contributed by atoms with van der Waals surface area (Å²) >= 11 is 0. The second kappa shape index (κ2) is 13.1. The van der Waals surface area contributed by atoms with Crippen LogP contribution < -0.4 is 14.4 Å². The first-order chi connectivity index (χ1) is 19.2. The molecule has 0 saturated heterocycles. The second-order valence-electron chi connectivity index (χ2n) is 10.1. The number of carbonyl (C=O) groups is 1. The SMILES string of the molecule is CCCCCCN1c2cc(OC)c(OC)cc2C(N(Cc2cc(C(F)(F)F)cc(C(F)(F)F)c2)C(=O)OC)CC1C.